The van der Waals surface area contributed by atoms with Crippen molar-refractivity contribution in [1.82, 2.24) is 0 Å². The Labute approximate surface area is 123 Å². The van der Waals surface area contributed by atoms with Crippen LogP contribution in [-0.4, -0.2) is 35.7 Å². The zero-order chi connectivity index (χ0) is 16.4. The van der Waals surface area contributed by atoms with Gasteiger partial charge in [-0.15, -0.1) is 0 Å². The van der Waals surface area contributed by atoms with E-state index in [-0.39, 0.29) is 10.8 Å². The maximum atomic E-state index is 11.7. The van der Waals surface area contributed by atoms with Crippen LogP contribution < -0.4 is 5.19 Å². The molecular weight excluding hydrogens is 298 g/mol. The molecule has 21 heavy (non-hydrogen) atoms. The Bertz CT molecular complexity index is 580. The summed E-state index contributed by atoms with van der Waals surface area (Å²) in [6, 6.07) is 0.938. The standard InChI is InChI=1S/C12H15NO7Si/c1-12(2,3)11(16)20-5-6-7(13(17)18)4-8(21-19)10(15)9(6)14/h4,14-15,19H,5H2,1-3H3. The fraction of sp³-hybridized carbons (Fsp3) is 0.417. The van der Waals surface area contributed by atoms with Gasteiger partial charge in [-0.3, -0.25) is 14.9 Å². The normalized spacial score (nSPS) is 11.2. The first-order valence-electron chi connectivity index (χ1n) is 5.89. The Kier molecular flexibility index (Phi) is 4.91. The summed E-state index contributed by atoms with van der Waals surface area (Å²) in [4.78, 5) is 30.9. The molecule has 1 aromatic carbocycles. The third-order valence-electron chi connectivity index (χ3n) is 2.63. The molecule has 0 aliphatic carbocycles. The van der Waals surface area contributed by atoms with Gasteiger partial charge in [0.15, 0.2) is 11.5 Å². The highest BCUT2D eigenvalue weighted by molar-refractivity contribution is 6.47. The molecule has 0 bridgehead atoms. The SMILES string of the molecule is CC(C)(C)C(=O)OCc1c([N+](=O)[O-])cc([Si]O)c(O)c1O. The largest absolute Gasteiger partial charge is 0.504 e. The van der Waals surface area contributed by atoms with Gasteiger partial charge in [-0.1, -0.05) is 0 Å². The lowest BCUT2D eigenvalue weighted by atomic mass is 9.97. The van der Waals surface area contributed by atoms with Crippen LogP contribution >= 0.6 is 0 Å². The van der Waals surface area contributed by atoms with Crippen LogP contribution in [0.2, 0.25) is 0 Å². The van der Waals surface area contributed by atoms with Crippen LogP contribution in [0.4, 0.5) is 5.69 Å². The van der Waals surface area contributed by atoms with Gasteiger partial charge >= 0.3 is 5.97 Å². The Morgan fingerprint density at radius 2 is 1.95 bits per heavy atom. The molecule has 0 saturated heterocycles. The first kappa shape index (κ1) is 16.9. The van der Waals surface area contributed by atoms with E-state index in [1.165, 1.54) is 0 Å². The Balaban J connectivity index is 3.20. The topological polar surface area (TPSA) is 130 Å². The molecule has 0 fully saturated rings. The summed E-state index contributed by atoms with van der Waals surface area (Å²) in [5.74, 6) is -2.05. The third kappa shape index (κ3) is 3.70. The smallest absolute Gasteiger partial charge is 0.311 e. The van der Waals surface area contributed by atoms with Crippen LogP contribution in [0.25, 0.3) is 0 Å². The van der Waals surface area contributed by atoms with Gasteiger partial charge in [0.25, 0.3) is 15.5 Å². The molecule has 0 spiro atoms. The van der Waals surface area contributed by atoms with Crippen LogP contribution in [0.15, 0.2) is 6.07 Å². The van der Waals surface area contributed by atoms with Crippen molar-refractivity contribution >= 4 is 26.6 Å². The highest BCUT2D eigenvalue weighted by Gasteiger charge is 2.28. The summed E-state index contributed by atoms with van der Waals surface area (Å²) in [5, 5.41) is 30.3. The first-order valence-corrected chi connectivity index (χ1v) is 6.83. The molecule has 0 saturated carbocycles. The first-order chi connectivity index (χ1) is 9.59. The van der Waals surface area contributed by atoms with Gasteiger partial charge in [-0.2, -0.15) is 0 Å². The summed E-state index contributed by atoms with van der Waals surface area (Å²) >= 11 is 0. The number of rotatable bonds is 4. The number of ether oxygens (including phenoxy) is 1. The maximum absolute atomic E-state index is 11.7. The number of carbonyl (C=O) groups excluding carboxylic acids is 1. The van der Waals surface area contributed by atoms with Gasteiger partial charge in [0, 0.05) is 11.3 Å². The molecule has 0 aliphatic heterocycles. The summed E-state index contributed by atoms with van der Waals surface area (Å²) in [7, 11) is -0.923. The van der Waals surface area contributed by atoms with Crippen molar-refractivity contribution in [3.05, 3.63) is 21.7 Å². The number of esters is 1. The molecule has 0 atom stereocenters. The number of nitro benzene ring substituents is 1. The minimum absolute atomic E-state index is 0.162. The number of carbonyl (C=O) groups is 1. The highest BCUT2D eigenvalue weighted by Crippen LogP contribution is 2.35. The van der Waals surface area contributed by atoms with Crippen molar-refractivity contribution in [2.24, 2.45) is 5.41 Å². The second-order valence-corrected chi connectivity index (χ2v) is 6.08. The van der Waals surface area contributed by atoms with Crippen molar-refractivity contribution in [1.29, 1.82) is 0 Å². The lowest BCUT2D eigenvalue weighted by Gasteiger charge is -2.17. The molecule has 2 radical (unpaired) electrons. The van der Waals surface area contributed by atoms with Crippen LogP contribution in [0.5, 0.6) is 11.5 Å². The summed E-state index contributed by atoms with van der Waals surface area (Å²) in [6.45, 7) is 4.27. The summed E-state index contributed by atoms with van der Waals surface area (Å²) in [5.41, 5.74) is -1.67. The zero-order valence-corrected chi connectivity index (χ0v) is 12.7. The van der Waals surface area contributed by atoms with Crippen molar-refractivity contribution < 1.29 is 29.5 Å². The number of aromatic hydroxyl groups is 2. The number of phenolic OH excluding ortho intramolecular Hbond substituents is 2. The molecule has 0 aliphatic rings. The van der Waals surface area contributed by atoms with E-state index < -0.39 is 49.9 Å². The second-order valence-electron chi connectivity index (χ2n) is 5.31. The average Bonchev–Trinajstić information content (AvgIpc) is 2.38. The third-order valence-corrected chi connectivity index (χ3v) is 3.25. The number of hydrogen-bond acceptors (Lipinski definition) is 7. The van der Waals surface area contributed by atoms with E-state index in [0.29, 0.717) is 0 Å². The lowest BCUT2D eigenvalue weighted by molar-refractivity contribution is -0.385. The maximum Gasteiger partial charge on any atom is 0.311 e. The number of benzene rings is 1. The van der Waals surface area contributed by atoms with Crippen molar-refractivity contribution in [2.75, 3.05) is 0 Å². The molecule has 1 aromatic rings. The minimum Gasteiger partial charge on any atom is -0.504 e. The van der Waals surface area contributed by atoms with Gasteiger partial charge in [0.2, 0.25) is 0 Å². The van der Waals surface area contributed by atoms with E-state index >= 15 is 0 Å². The van der Waals surface area contributed by atoms with Gasteiger partial charge in [-0.05, 0) is 20.8 Å². The van der Waals surface area contributed by atoms with Crippen LogP contribution in [0.3, 0.4) is 0 Å². The van der Waals surface area contributed by atoms with E-state index in [1.807, 2.05) is 0 Å². The van der Waals surface area contributed by atoms with Gasteiger partial charge in [0.05, 0.1) is 10.3 Å². The van der Waals surface area contributed by atoms with Crippen LogP contribution in [0, 0.1) is 15.5 Å². The molecule has 9 heteroatoms. The Morgan fingerprint density at radius 1 is 1.38 bits per heavy atom. The fourth-order valence-electron chi connectivity index (χ4n) is 1.43. The molecule has 0 amide bonds. The minimum atomic E-state index is -0.923. The Morgan fingerprint density at radius 3 is 2.38 bits per heavy atom. The molecule has 8 nitrogen and oxygen atoms in total. The number of phenols is 2. The van der Waals surface area contributed by atoms with Gasteiger partial charge < -0.3 is 19.7 Å². The molecule has 0 unspecified atom stereocenters. The summed E-state index contributed by atoms with van der Waals surface area (Å²) in [6.07, 6.45) is 0. The predicted molar refractivity (Wildman–Crippen MR) is 73.3 cm³/mol. The highest BCUT2D eigenvalue weighted by atomic mass is 28.2. The molecule has 0 heterocycles. The van der Waals surface area contributed by atoms with Crippen LogP contribution in [-0.2, 0) is 16.1 Å². The van der Waals surface area contributed by atoms with Gasteiger partial charge in [0.1, 0.15) is 12.2 Å². The fourth-order valence-corrected chi connectivity index (χ4v) is 1.85. The number of nitrogens with zero attached hydrogens (tertiary/aromatic N) is 1. The van der Waals surface area contributed by atoms with E-state index in [9.17, 15) is 25.1 Å². The Hall–Kier alpha value is -2.13. The number of nitro groups is 1. The van der Waals surface area contributed by atoms with Crippen molar-refractivity contribution in [3.63, 3.8) is 0 Å². The molecule has 1 rings (SSSR count). The van der Waals surface area contributed by atoms with E-state index in [4.69, 9.17) is 9.53 Å². The van der Waals surface area contributed by atoms with Crippen molar-refractivity contribution in [2.45, 2.75) is 27.4 Å². The van der Waals surface area contributed by atoms with Crippen molar-refractivity contribution in [3.8, 4) is 11.5 Å². The molecule has 114 valence electrons. The van der Waals surface area contributed by atoms with Crippen LogP contribution in [0.1, 0.15) is 26.3 Å². The van der Waals surface area contributed by atoms with E-state index in [1.54, 1.807) is 20.8 Å². The van der Waals surface area contributed by atoms with E-state index in [0.717, 1.165) is 6.07 Å². The second kappa shape index (κ2) is 6.10. The summed E-state index contributed by atoms with van der Waals surface area (Å²) < 4.78 is 4.92. The predicted octanol–water partition coefficient (Wildman–Crippen LogP) is 0.332. The average molecular weight is 313 g/mol. The lowest BCUT2D eigenvalue weighted by Crippen LogP contribution is -2.23. The molecule has 0 aromatic heterocycles. The molecule has 3 N–H and O–H groups in total. The zero-order valence-electron chi connectivity index (χ0n) is 11.7. The quantitative estimate of drug-likeness (QED) is 0.240. The van der Waals surface area contributed by atoms with Gasteiger partial charge in [-0.25, -0.2) is 0 Å². The number of hydrogen-bond donors (Lipinski definition) is 3. The molecular formula is C12H15NO7Si. The van der Waals surface area contributed by atoms with E-state index in [2.05, 4.69) is 0 Å². The monoisotopic (exact) mass is 313 g/mol.